The Labute approximate surface area is 176 Å². The molecule has 0 unspecified atom stereocenters. The molecule has 1 N–H and O–H groups in total. The zero-order chi connectivity index (χ0) is 20.5. The molecule has 1 atom stereocenters. The van der Waals surface area contributed by atoms with E-state index in [1.54, 1.807) is 12.1 Å². The van der Waals surface area contributed by atoms with Crippen LogP contribution in [0.2, 0.25) is 0 Å². The second kappa shape index (κ2) is 7.72. The molecule has 2 aromatic carbocycles. The van der Waals surface area contributed by atoms with Gasteiger partial charge in [0, 0.05) is 10.8 Å². The summed E-state index contributed by atoms with van der Waals surface area (Å²) < 4.78 is 22.9. The Bertz CT molecular complexity index is 1220. The molecule has 152 valence electrons. The van der Waals surface area contributed by atoms with Gasteiger partial charge in [-0.3, -0.25) is 10.1 Å². The summed E-state index contributed by atoms with van der Waals surface area (Å²) in [7, 11) is 0. The lowest BCUT2D eigenvalue weighted by molar-refractivity contribution is -0.125. The van der Waals surface area contributed by atoms with Crippen molar-refractivity contribution in [3.05, 3.63) is 53.9 Å². The third kappa shape index (κ3) is 3.46. The summed E-state index contributed by atoms with van der Waals surface area (Å²) in [5.74, 6) is 2.18. The van der Waals surface area contributed by atoms with Crippen molar-refractivity contribution >= 4 is 33.3 Å². The summed E-state index contributed by atoms with van der Waals surface area (Å²) in [6.07, 6.45) is -0.743. The third-order valence-electron chi connectivity index (χ3n) is 4.60. The van der Waals surface area contributed by atoms with Crippen LogP contribution in [-0.4, -0.2) is 30.2 Å². The van der Waals surface area contributed by atoms with Gasteiger partial charge in [-0.05, 0) is 31.2 Å². The first-order chi connectivity index (χ1) is 14.7. The lowest BCUT2D eigenvalue weighted by Gasteiger charge is -2.25. The van der Waals surface area contributed by atoms with Crippen molar-refractivity contribution in [2.45, 2.75) is 13.0 Å². The highest BCUT2D eigenvalue weighted by Crippen LogP contribution is 2.35. The van der Waals surface area contributed by atoms with E-state index in [0.717, 1.165) is 5.39 Å². The fraction of sp³-hybridized carbons (Fsp3) is 0.182. The SMILES string of the molecule is CCOc1cccc2cc(-c3csc(NC(=O)[C@H]4COc5ccccc5O4)n3)oc12. The van der Waals surface area contributed by atoms with E-state index in [2.05, 4.69) is 10.3 Å². The number of ether oxygens (including phenoxy) is 3. The first-order valence-corrected chi connectivity index (χ1v) is 10.4. The van der Waals surface area contributed by atoms with Crippen molar-refractivity contribution < 1.29 is 23.4 Å². The minimum atomic E-state index is -0.743. The van der Waals surface area contributed by atoms with E-state index in [1.807, 2.05) is 48.7 Å². The number of furan rings is 1. The van der Waals surface area contributed by atoms with Crippen LogP contribution in [0.3, 0.4) is 0 Å². The molecule has 0 bridgehead atoms. The molecule has 7 nitrogen and oxygen atoms in total. The van der Waals surface area contributed by atoms with Gasteiger partial charge >= 0.3 is 0 Å². The minimum absolute atomic E-state index is 0.144. The van der Waals surface area contributed by atoms with Crippen molar-refractivity contribution in [3.8, 4) is 28.7 Å². The molecule has 5 rings (SSSR count). The number of nitrogens with zero attached hydrogens (tertiary/aromatic N) is 1. The molecule has 30 heavy (non-hydrogen) atoms. The fourth-order valence-electron chi connectivity index (χ4n) is 3.21. The summed E-state index contributed by atoms with van der Waals surface area (Å²) >= 11 is 1.32. The Kier molecular flexibility index (Phi) is 4.76. The quantitative estimate of drug-likeness (QED) is 0.501. The first kappa shape index (κ1) is 18.5. The summed E-state index contributed by atoms with van der Waals surface area (Å²) in [6, 6.07) is 14.9. The standard InChI is InChI=1S/C22H18N2O5S/c1-2-26-17-9-5-6-13-10-18(29-20(13)17)14-12-30-22(23-14)24-21(25)19-11-27-15-7-3-4-8-16(15)28-19/h3-10,12,19H,2,11H2,1H3,(H,23,24,25)/t19-/m1/s1. The van der Waals surface area contributed by atoms with E-state index >= 15 is 0 Å². The van der Waals surface area contributed by atoms with Gasteiger partial charge in [-0.15, -0.1) is 11.3 Å². The van der Waals surface area contributed by atoms with Gasteiger partial charge in [-0.2, -0.15) is 0 Å². The van der Waals surface area contributed by atoms with Crippen LogP contribution in [0.5, 0.6) is 17.2 Å². The van der Waals surface area contributed by atoms with E-state index in [1.165, 1.54) is 11.3 Å². The molecule has 0 spiro atoms. The van der Waals surface area contributed by atoms with Gasteiger partial charge in [0.1, 0.15) is 12.3 Å². The van der Waals surface area contributed by atoms with E-state index in [-0.39, 0.29) is 12.5 Å². The number of anilines is 1. The molecule has 4 aromatic rings. The Morgan fingerprint density at radius 1 is 1.23 bits per heavy atom. The highest BCUT2D eigenvalue weighted by Gasteiger charge is 2.28. The smallest absolute Gasteiger partial charge is 0.270 e. The second-order valence-electron chi connectivity index (χ2n) is 6.61. The van der Waals surface area contributed by atoms with Gasteiger partial charge in [0.15, 0.2) is 33.7 Å². The maximum Gasteiger partial charge on any atom is 0.270 e. The molecule has 2 aromatic heterocycles. The number of hydrogen-bond acceptors (Lipinski definition) is 7. The molecule has 1 aliphatic heterocycles. The molecule has 0 saturated heterocycles. The number of thiazole rings is 1. The number of rotatable bonds is 5. The Morgan fingerprint density at radius 2 is 2.10 bits per heavy atom. The molecule has 1 amide bonds. The van der Waals surface area contributed by atoms with E-state index < -0.39 is 6.10 Å². The number of fused-ring (bicyclic) bond motifs is 2. The van der Waals surface area contributed by atoms with Crippen molar-refractivity contribution in [1.29, 1.82) is 0 Å². The molecular weight excluding hydrogens is 404 g/mol. The van der Waals surface area contributed by atoms with Gasteiger partial charge in [0.05, 0.1) is 6.61 Å². The average Bonchev–Trinajstić information content (AvgIpc) is 3.41. The van der Waals surface area contributed by atoms with E-state index in [4.69, 9.17) is 18.6 Å². The fourth-order valence-corrected chi connectivity index (χ4v) is 3.91. The van der Waals surface area contributed by atoms with Gasteiger partial charge in [-0.25, -0.2) is 4.98 Å². The number of benzene rings is 2. The molecule has 3 heterocycles. The van der Waals surface area contributed by atoms with Crippen LogP contribution < -0.4 is 19.5 Å². The summed E-state index contributed by atoms with van der Waals surface area (Å²) in [5.41, 5.74) is 1.32. The number of hydrogen-bond donors (Lipinski definition) is 1. The lowest BCUT2D eigenvalue weighted by atomic mass is 10.2. The number of nitrogens with one attached hydrogen (secondary N) is 1. The maximum absolute atomic E-state index is 12.6. The van der Waals surface area contributed by atoms with Crippen molar-refractivity contribution in [2.75, 3.05) is 18.5 Å². The molecular formula is C22H18N2O5S. The maximum atomic E-state index is 12.6. The Balaban J connectivity index is 1.32. The van der Waals surface area contributed by atoms with Crippen molar-refractivity contribution in [2.24, 2.45) is 0 Å². The van der Waals surface area contributed by atoms with Crippen LogP contribution in [0.25, 0.3) is 22.4 Å². The monoisotopic (exact) mass is 422 g/mol. The van der Waals surface area contributed by atoms with Gasteiger partial charge in [0.2, 0.25) is 6.10 Å². The predicted octanol–water partition coefficient (Wildman–Crippen LogP) is 4.73. The van der Waals surface area contributed by atoms with E-state index in [0.29, 0.717) is 46.0 Å². The topological polar surface area (TPSA) is 82.8 Å². The number of carbonyl (C=O) groups excluding carboxylic acids is 1. The Morgan fingerprint density at radius 3 is 2.97 bits per heavy atom. The summed E-state index contributed by atoms with van der Waals surface area (Å²) in [6.45, 7) is 2.63. The van der Waals surface area contributed by atoms with Crippen LogP contribution in [0.15, 0.2) is 58.3 Å². The van der Waals surface area contributed by atoms with Gasteiger partial charge in [0.25, 0.3) is 5.91 Å². The second-order valence-corrected chi connectivity index (χ2v) is 7.47. The summed E-state index contributed by atoms with van der Waals surface area (Å²) in [4.78, 5) is 17.1. The normalized spacial score (nSPS) is 15.2. The van der Waals surface area contributed by atoms with Gasteiger partial charge in [-0.1, -0.05) is 24.3 Å². The van der Waals surface area contributed by atoms with E-state index in [9.17, 15) is 4.79 Å². The highest BCUT2D eigenvalue weighted by atomic mass is 32.1. The number of aromatic nitrogens is 1. The molecule has 0 radical (unpaired) electrons. The minimum Gasteiger partial charge on any atom is -0.490 e. The van der Waals surface area contributed by atoms with Gasteiger partial charge < -0.3 is 18.6 Å². The predicted molar refractivity (Wildman–Crippen MR) is 113 cm³/mol. The lowest BCUT2D eigenvalue weighted by Crippen LogP contribution is -2.40. The molecule has 0 fully saturated rings. The summed E-state index contributed by atoms with van der Waals surface area (Å²) in [5, 5.41) is 6.02. The number of amides is 1. The molecule has 0 saturated carbocycles. The zero-order valence-corrected chi connectivity index (χ0v) is 16.9. The third-order valence-corrected chi connectivity index (χ3v) is 5.35. The highest BCUT2D eigenvalue weighted by molar-refractivity contribution is 7.14. The van der Waals surface area contributed by atoms with Crippen molar-refractivity contribution in [3.63, 3.8) is 0 Å². The van der Waals surface area contributed by atoms with Crippen molar-refractivity contribution in [1.82, 2.24) is 4.98 Å². The van der Waals surface area contributed by atoms with Crippen LogP contribution in [0.4, 0.5) is 5.13 Å². The number of para-hydroxylation sites is 3. The molecule has 1 aliphatic rings. The van der Waals surface area contributed by atoms with Crippen LogP contribution in [0.1, 0.15) is 6.92 Å². The van der Waals surface area contributed by atoms with Crippen LogP contribution in [-0.2, 0) is 4.79 Å². The molecule has 8 heteroatoms. The van der Waals surface area contributed by atoms with Crippen LogP contribution >= 0.6 is 11.3 Å². The average molecular weight is 422 g/mol. The number of carbonyl (C=O) groups is 1. The Hall–Kier alpha value is -3.52. The first-order valence-electron chi connectivity index (χ1n) is 9.52. The van der Waals surface area contributed by atoms with Crippen LogP contribution in [0, 0.1) is 0 Å². The largest absolute Gasteiger partial charge is 0.490 e. The zero-order valence-electron chi connectivity index (χ0n) is 16.1. The molecule has 0 aliphatic carbocycles.